The highest BCUT2D eigenvalue weighted by atomic mass is 19.1. The maximum Gasteiger partial charge on any atom is 0.254 e. The van der Waals surface area contributed by atoms with Crippen molar-refractivity contribution in [3.8, 4) is 5.75 Å². The molecular formula is C19H25FN2O3. The van der Waals surface area contributed by atoms with E-state index in [0.717, 1.165) is 19.4 Å². The third kappa shape index (κ3) is 2.62. The number of carbonyl (C=O) groups excluding carboxylic acids is 1. The lowest BCUT2D eigenvalue weighted by atomic mass is 9.73. The van der Waals surface area contributed by atoms with Gasteiger partial charge in [-0.1, -0.05) is 0 Å². The summed E-state index contributed by atoms with van der Waals surface area (Å²) in [6.45, 7) is 2.34. The molecular weight excluding hydrogens is 323 g/mol. The number of methoxy groups -OCH3 is 1. The van der Waals surface area contributed by atoms with Crippen molar-refractivity contribution in [3.63, 3.8) is 0 Å². The Balaban J connectivity index is 1.55. The Morgan fingerprint density at radius 3 is 3.00 bits per heavy atom. The molecule has 1 spiro atoms. The molecule has 1 aromatic rings. The van der Waals surface area contributed by atoms with Crippen LogP contribution in [0, 0.1) is 17.7 Å². The number of carbonyl (C=O) groups is 1. The lowest BCUT2D eigenvalue weighted by Crippen LogP contribution is -2.40. The molecule has 3 fully saturated rings. The summed E-state index contributed by atoms with van der Waals surface area (Å²) >= 11 is 0. The summed E-state index contributed by atoms with van der Waals surface area (Å²) in [5.74, 6) is 0.442. The minimum atomic E-state index is -0.455. The zero-order chi connectivity index (χ0) is 17.8. The highest BCUT2D eigenvalue weighted by Gasteiger charge is 2.63. The molecule has 1 amide bonds. The summed E-state index contributed by atoms with van der Waals surface area (Å²) in [5.41, 5.74) is 0.291. The smallest absolute Gasteiger partial charge is 0.254 e. The second-order valence-corrected chi connectivity index (χ2v) is 7.83. The first-order chi connectivity index (χ1) is 11.9. The van der Waals surface area contributed by atoms with E-state index in [0.29, 0.717) is 36.6 Å². The minimum absolute atomic E-state index is 0.0715. The number of hydrogen-bond acceptors (Lipinski definition) is 4. The molecule has 5 nitrogen and oxygen atoms in total. The molecule has 25 heavy (non-hydrogen) atoms. The molecule has 6 heteroatoms. The van der Waals surface area contributed by atoms with Crippen LogP contribution in [0.5, 0.6) is 5.75 Å². The van der Waals surface area contributed by atoms with Gasteiger partial charge in [-0.25, -0.2) is 4.39 Å². The molecule has 3 saturated heterocycles. The van der Waals surface area contributed by atoms with E-state index in [1.165, 1.54) is 25.3 Å². The average molecular weight is 348 g/mol. The van der Waals surface area contributed by atoms with Gasteiger partial charge in [0, 0.05) is 30.5 Å². The highest BCUT2D eigenvalue weighted by molar-refractivity contribution is 5.95. The molecule has 1 aromatic carbocycles. The van der Waals surface area contributed by atoms with Crippen molar-refractivity contribution in [2.45, 2.75) is 24.5 Å². The Kier molecular flexibility index (Phi) is 4.00. The van der Waals surface area contributed by atoms with E-state index in [-0.39, 0.29) is 17.3 Å². The number of nitrogens with zero attached hydrogens (tertiary/aromatic N) is 2. The topological polar surface area (TPSA) is 42.0 Å². The summed E-state index contributed by atoms with van der Waals surface area (Å²) in [6.07, 6.45) is 2.44. The zero-order valence-electron chi connectivity index (χ0n) is 15.0. The first-order valence-corrected chi connectivity index (χ1v) is 8.89. The number of hydrogen-bond donors (Lipinski definition) is 0. The third-order valence-corrected chi connectivity index (χ3v) is 6.05. The molecule has 4 atom stereocenters. The van der Waals surface area contributed by atoms with Gasteiger partial charge in [0.05, 0.1) is 25.4 Å². The minimum Gasteiger partial charge on any atom is -0.494 e. The van der Waals surface area contributed by atoms with Crippen LogP contribution in [0.15, 0.2) is 18.2 Å². The fourth-order valence-corrected chi connectivity index (χ4v) is 4.99. The zero-order valence-corrected chi connectivity index (χ0v) is 15.0. The third-order valence-electron chi connectivity index (χ3n) is 6.05. The van der Waals surface area contributed by atoms with Gasteiger partial charge in [0.1, 0.15) is 0 Å². The van der Waals surface area contributed by atoms with Gasteiger partial charge in [-0.15, -0.1) is 0 Å². The number of ether oxygens (including phenoxy) is 2. The van der Waals surface area contributed by atoms with Crippen LogP contribution in [0.1, 0.15) is 23.2 Å². The predicted molar refractivity (Wildman–Crippen MR) is 91.2 cm³/mol. The number of halogens is 1. The number of likely N-dealkylation sites (tertiary alicyclic amines) is 1. The molecule has 0 aromatic heterocycles. The monoisotopic (exact) mass is 348 g/mol. The van der Waals surface area contributed by atoms with Crippen LogP contribution in [0.25, 0.3) is 0 Å². The Bertz CT molecular complexity index is 695. The van der Waals surface area contributed by atoms with Gasteiger partial charge in [0.25, 0.3) is 5.91 Å². The number of amides is 1. The summed E-state index contributed by atoms with van der Waals surface area (Å²) in [4.78, 5) is 17.0. The number of fused-ring (bicyclic) bond motifs is 1. The SMILES string of the molecule is COc1cc(C(=O)N2C[C@@H]3[C@H](CN(C)C)[C@H]4CC[C@]3(C2)O4)ccc1F. The molecule has 0 aliphatic carbocycles. The molecule has 0 radical (unpaired) electrons. The van der Waals surface area contributed by atoms with E-state index in [4.69, 9.17) is 9.47 Å². The summed E-state index contributed by atoms with van der Waals surface area (Å²) in [7, 11) is 5.58. The van der Waals surface area contributed by atoms with E-state index < -0.39 is 5.82 Å². The Morgan fingerprint density at radius 2 is 2.28 bits per heavy atom. The summed E-state index contributed by atoms with van der Waals surface area (Å²) in [5, 5.41) is 0. The first-order valence-electron chi connectivity index (χ1n) is 8.89. The van der Waals surface area contributed by atoms with Gasteiger partial charge in [0.15, 0.2) is 11.6 Å². The normalized spacial score (nSPS) is 33.2. The first kappa shape index (κ1) is 16.8. The fourth-order valence-electron chi connectivity index (χ4n) is 4.99. The van der Waals surface area contributed by atoms with Crippen LogP contribution in [0.2, 0.25) is 0 Å². The van der Waals surface area contributed by atoms with Crippen molar-refractivity contribution in [1.29, 1.82) is 0 Å². The highest BCUT2D eigenvalue weighted by Crippen LogP contribution is 2.55. The predicted octanol–water partition coefficient (Wildman–Crippen LogP) is 2.02. The van der Waals surface area contributed by atoms with Gasteiger partial charge >= 0.3 is 0 Å². The molecule has 4 rings (SSSR count). The Hall–Kier alpha value is -1.66. The Morgan fingerprint density at radius 1 is 1.48 bits per heavy atom. The molecule has 3 aliphatic rings. The fraction of sp³-hybridized carbons (Fsp3) is 0.632. The van der Waals surface area contributed by atoms with Crippen LogP contribution < -0.4 is 4.74 Å². The molecule has 136 valence electrons. The van der Waals surface area contributed by atoms with E-state index in [1.807, 2.05) is 4.90 Å². The van der Waals surface area contributed by atoms with E-state index in [1.54, 1.807) is 0 Å². The van der Waals surface area contributed by atoms with Crippen LogP contribution in [-0.4, -0.2) is 68.3 Å². The quantitative estimate of drug-likeness (QED) is 0.835. The molecule has 0 saturated carbocycles. The largest absolute Gasteiger partial charge is 0.494 e. The molecule has 2 bridgehead atoms. The standard InChI is InChI=1S/C19H25FN2O3/c1-21(2)9-13-14-10-22(11-19(14)7-6-16(13)25-19)18(23)12-4-5-15(20)17(8-12)24-3/h4-5,8,13-14,16H,6-7,9-11H2,1-3H3/t13-,14+,16+,19+/m0/s1. The lowest BCUT2D eigenvalue weighted by molar-refractivity contribution is 0.00256. The summed E-state index contributed by atoms with van der Waals surface area (Å²) < 4.78 is 25.0. The van der Waals surface area contributed by atoms with Crippen molar-refractivity contribution >= 4 is 5.91 Å². The second-order valence-electron chi connectivity index (χ2n) is 7.83. The molecule has 3 heterocycles. The van der Waals surface area contributed by atoms with Crippen molar-refractivity contribution in [2.24, 2.45) is 11.8 Å². The van der Waals surface area contributed by atoms with Crippen molar-refractivity contribution in [2.75, 3.05) is 40.8 Å². The van der Waals surface area contributed by atoms with Gasteiger partial charge < -0.3 is 19.3 Å². The number of benzene rings is 1. The van der Waals surface area contributed by atoms with Crippen molar-refractivity contribution in [1.82, 2.24) is 9.80 Å². The van der Waals surface area contributed by atoms with E-state index in [9.17, 15) is 9.18 Å². The average Bonchev–Trinajstić information content (AvgIpc) is 3.24. The summed E-state index contributed by atoms with van der Waals surface area (Å²) in [6, 6.07) is 4.30. The molecule has 0 unspecified atom stereocenters. The lowest BCUT2D eigenvalue weighted by Gasteiger charge is -2.30. The van der Waals surface area contributed by atoms with Crippen molar-refractivity contribution < 1.29 is 18.7 Å². The maximum atomic E-state index is 13.6. The maximum absolute atomic E-state index is 13.6. The van der Waals surface area contributed by atoms with Gasteiger partial charge in [-0.2, -0.15) is 0 Å². The number of rotatable bonds is 4. The second kappa shape index (κ2) is 5.95. The van der Waals surface area contributed by atoms with Crippen molar-refractivity contribution in [3.05, 3.63) is 29.6 Å². The Labute approximate surface area is 147 Å². The van der Waals surface area contributed by atoms with Gasteiger partial charge in [0.2, 0.25) is 0 Å². The van der Waals surface area contributed by atoms with Crippen LogP contribution in [0.4, 0.5) is 4.39 Å². The molecule has 0 N–H and O–H groups in total. The molecule has 3 aliphatic heterocycles. The van der Waals surface area contributed by atoms with Crippen LogP contribution in [0.3, 0.4) is 0 Å². The van der Waals surface area contributed by atoms with Gasteiger partial charge in [-0.05, 0) is 45.1 Å². The van der Waals surface area contributed by atoms with E-state index in [2.05, 4.69) is 19.0 Å². The van der Waals surface area contributed by atoms with Crippen LogP contribution >= 0.6 is 0 Å². The van der Waals surface area contributed by atoms with E-state index >= 15 is 0 Å². The van der Waals surface area contributed by atoms with Gasteiger partial charge in [-0.3, -0.25) is 4.79 Å². The van der Waals surface area contributed by atoms with Crippen LogP contribution in [-0.2, 0) is 4.74 Å².